The second-order valence-corrected chi connectivity index (χ2v) is 9.89. The van der Waals surface area contributed by atoms with E-state index < -0.39 is 15.6 Å². The number of sulfonamides is 1. The van der Waals surface area contributed by atoms with Crippen LogP contribution in [0.4, 0.5) is 5.69 Å². The van der Waals surface area contributed by atoms with Gasteiger partial charge >= 0.3 is 0 Å². The number of hydrogen-bond donors (Lipinski definition) is 2. The van der Waals surface area contributed by atoms with E-state index in [0.717, 1.165) is 6.42 Å². The van der Waals surface area contributed by atoms with E-state index in [1.165, 1.54) is 24.5 Å². The Morgan fingerprint density at radius 1 is 1.30 bits per heavy atom. The molecule has 0 fully saturated rings. The molecule has 3 aromatic rings. The summed E-state index contributed by atoms with van der Waals surface area (Å²) < 4.78 is 36.6. The summed E-state index contributed by atoms with van der Waals surface area (Å²) in [7, 11) is -2.66. The molecule has 0 atom stereocenters. The highest BCUT2D eigenvalue weighted by atomic mass is 32.2. The normalized spacial score (nSPS) is 15.0. The van der Waals surface area contributed by atoms with Gasteiger partial charge < -0.3 is 19.7 Å². The molecule has 0 amide bonds. The van der Waals surface area contributed by atoms with Crippen molar-refractivity contribution in [3.63, 3.8) is 0 Å². The van der Waals surface area contributed by atoms with E-state index >= 15 is 0 Å². The van der Waals surface area contributed by atoms with Crippen LogP contribution in [0.5, 0.6) is 11.5 Å². The molecule has 1 aliphatic rings. The number of fused-ring (bicyclic) bond motifs is 2. The number of ether oxygens (including phenoxy) is 1. The molecule has 0 aliphatic carbocycles. The molecule has 158 valence electrons. The van der Waals surface area contributed by atoms with Crippen molar-refractivity contribution in [1.82, 2.24) is 4.57 Å². The summed E-state index contributed by atoms with van der Waals surface area (Å²) in [4.78, 5) is 13.3. The lowest BCUT2D eigenvalue weighted by Gasteiger charge is -2.20. The van der Waals surface area contributed by atoms with Crippen LogP contribution in [0.15, 0.2) is 43.7 Å². The molecule has 0 bridgehead atoms. The van der Waals surface area contributed by atoms with E-state index in [9.17, 15) is 18.3 Å². The first-order chi connectivity index (χ1) is 14.2. The molecule has 2 aromatic heterocycles. The Labute approximate surface area is 177 Å². The zero-order valence-corrected chi connectivity index (χ0v) is 18.3. The van der Waals surface area contributed by atoms with Crippen LogP contribution in [-0.4, -0.2) is 31.0 Å². The molecule has 30 heavy (non-hydrogen) atoms. The highest BCUT2D eigenvalue weighted by Crippen LogP contribution is 2.35. The lowest BCUT2D eigenvalue weighted by Crippen LogP contribution is -2.32. The molecular weight excluding hydrogens is 426 g/mol. The third-order valence-electron chi connectivity index (χ3n) is 4.94. The average molecular weight is 448 g/mol. The van der Waals surface area contributed by atoms with Crippen LogP contribution in [0.1, 0.15) is 25.8 Å². The van der Waals surface area contributed by atoms with Gasteiger partial charge in [0.1, 0.15) is 16.2 Å². The number of aromatic nitrogens is 1. The van der Waals surface area contributed by atoms with Gasteiger partial charge in [-0.25, -0.2) is 0 Å². The van der Waals surface area contributed by atoms with Crippen LogP contribution in [0, 0.1) is 5.92 Å². The summed E-state index contributed by atoms with van der Waals surface area (Å²) in [6, 6.07) is 6.28. The third-order valence-corrected chi connectivity index (χ3v) is 7.17. The predicted molar refractivity (Wildman–Crippen MR) is 118 cm³/mol. The van der Waals surface area contributed by atoms with Gasteiger partial charge in [0.2, 0.25) is 0 Å². The quantitative estimate of drug-likeness (QED) is 0.620. The van der Waals surface area contributed by atoms with Crippen LogP contribution in [0.3, 0.4) is 0 Å². The van der Waals surface area contributed by atoms with Gasteiger partial charge in [-0.05, 0) is 35.9 Å². The van der Waals surface area contributed by atoms with Crippen LogP contribution in [-0.2, 0) is 16.6 Å². The number of pyridine rings is 1. The summed E-state index contributed by atoms with van der Waals surface area (Å²) in [6.45, 7) is 4.56. The molecule has 4 rings (SSSR count). The van der Waals surface area contributed by atoms with Crippen LogP contribution in [0.25, 0.3) is 10.2 Å². The molecule has 1 aliphatic heterocycles. The Morgan fingerprint density at radius 2 is 2.07 bits per heavy atom. The van der Waals surface area contributed by atoms with Gasteiger partial charge in [0.15, 0.2) is 11.6 Å². The van der Waals surface area contributed by atoms with E-state index in [4.69, 9.17) is 4.74 Å². The van der Waals surface area contributed by atoms with Crippen LogP contribution in [0.2, 0.25) is 0 Å². The monoisotopic (exact) mass is 447 g/mol. The maximum atomic E-state index is 13.3. The fourth-order valence-corrected chi connectivity index (χ4v) is 5.33. The number of aryl methyl sites for hydroxylation is 1. The fourth-order valence-electron chi connectivity index (χ4n) is 3.35. The van der Waals surface area contributed by atoms with Crippen LogP contribution >= 0.6 is 11.3 Å². The molecule has 0 unspecified atom stereocenters. The van der Waals surface area contributed by atoms with E-state index in [2.05, 4.69) is 23.6 Å². The fraction of sp³-hybridized carbons (Fsp3) is 0.300. The maximum absolute atomic E-state index is 13.3. The SMILES string of the molecule is COc1ccc2c(c1)S(=O)(=O)N=C(c1c(O)c3sccc3n(CCC(C)C)c1=O)N2. The lowest BCUT2D eigenvalue weighted by molar-refractivity contribution is 0.413. The zero-order valence-electron chi connectivity index (χ0n) is 16.7. The Balaban J connectivity index is 1.92. The van der Waals surface area contributed by atoms with Gasteiger partial charge in [0, 0.05) is 12.6 Å². The highest BCUT2D eigenvalue weighted by Gasteiger charge is 2.30. The van der Waals surface area contributed by atoms with Gasteiger partial charge in [-0.15, -0.1) is 15.7 Å². The van der Waals surface area contributed by atoms with Gasteiger partial charge in [0.25, 0.3) is 15.6 Å². The minimum absolute atomic E-state index is 0.0533. The summed E-state index contributed by atoms with van der Waals surface area (Å²) >= 11 is 1.28. The van der Waals surface area contributed by atoms with Crippen molar-refractivity contribution in [3.8, 4) is 11.5 Å². The maximum Gasteiger partial charge on any atom is 0.286 e. The van der Waals surface area contributed by atoms with Gasteiger partial charge in [0.05, 0.1) is 23.0 Å². The second-order valence-electron chi connectivity index (χ2n) is 7.40. The molecule has 1 aromatic carbocycles. The van der Waals surface area contributed by atoms with Gasteiger partial charge in [-0.1, -0.05) is 13.8 Å². The summed E-state index contributed by atoms with van der Waals surface area (Å²) in [5.74, 6) is 0.278. The first kappa shape index (κ1) is 20.4. The Hall–Kier alpha value is -2.85. The molecule has 0 radical (unpaired) electrons. The van der Waals surface area contributed by atoms with Crippen molar-refractivity contribution in [2.45, 2.75) is 31.7 Å². The van der Waals surface area contributed by atoms with Crippen molar-refractivity contribution in [3.05, 3.63) is 45.6 Å². The topological polar surface area (TPSA) is 110 Å². The number of aromatic hydroxyl groups is 1. The van der Waals surface area contributed by atoms with Crippen LogP contribution < -0.4 is 15.6 Å². The zero-order chi connectivity index (χ0) is 21.6. The number of methoxy groups -OCH3 is 1. The second kappa shape index (κ2) is 7.44. The molecule has 0 saturated heterocycles. The largest absolute Gasteiger partial charge is 0.505 e. The Bertz CT molecular complexity index is 1340. The number of thiophene rings is 1. The number of hydrogen-bond acceptors (Lipinski definition) is 7. The molecule has 3 heterocycles. The van der Waals surface area contributed by atoms with E-state index in [1.54, 1.807) is 28.1 Å². The van der Waals surface area contributed by atoms with Gasteiger partial charge in [-0.3, -0.25) is 4.79 Å². The van der Waals surface area contributed by atoms with Crippen molar-refractivity contribution in [2.75, 3.05) is 12.4 Å². The molecule has 0 spiro atoms. The van der Waals surface area contributed by atoms with E-state index in [1.807, 2.05) is 0 Å². The van der Waals surface area contributed by atoms with Crippen molar-refractivity contribution in [2.24, 2.45) is 10.3 Å². The van der Waals surface area contributed by atoms with Crippen molar-refractivity contribution in [1.29, 1.82) is 0 Å². The summed E-state index contributed by atoms with van der Waals surface area (Å²) in [6.07, 6.45) is 0.760. The Kier molecular flexibility index (Phi) is 5.07. The number of amidine groups is 1. The standard InChI is InChI=1S/C20H21N3O5S2/c1-11(2)6-8-23-14-7-9-29-18(14)17(24)16(20(23)25)19-21-13-5-4-12(28-3)10-15(13)30(26,27)22-19/h4-5,7,9-11,24H,6,8H2,1-3H3,(H,21,22). The number of nitrogens with one attached hydrogen (secondary N) is 1. The summed E-state index contributed by atoms with van der Waals surface area (Å²) in [5.41, 5.74) is 0.243. The number of anilines is 1. The highest BCUT2D eigenvalue weighted by molar-refractivity contribution is 7.90. The molecular formula is C20H21N3O5S2. The lowest BCUT2D eigenvalue weighted by atomic mass is 10.1. The van der Waals surface area contributed by atoms with E-state index in [0.29, 0.717) is 28.4 Å². The Morgan fingerprint density at radius 3 is 2.77 bits per heavy atom. The molecule has 10 heteroatoms. The molecule has 2 N–H and O–H groups in total. The summed E-state index contributed by atoms with van der Waals surface area (Å²) in [5, 5.41) is 15.5. The predicted octanol–water partition coefficient (Wildman–Crippen LogP) is 3.38. The average Bonchev–Trinajstić information content (AvgIpc) is 3.17. The molecule has 8 nitrogen and oxygen atoms in total. The van der Waals surface area contributed by atoms with Crippen molar-refractivity contribution >= 4 is 43.1 Å². The van der Waals surface area contributed by atoms with Gasteiger partial charge in [-0.2, -0.15) is 8.42 Å². The minimum Gasteiger partial charge on any atom is -0.505 e. The third kappa shape index (κ3) is 3.35. The van der Waals surface area contributed by atoms with Crippen molar-refractivity contribution < 1.29 is 18.3 Å². The smallest absolute Gasteiger partial charge is 0.286 e. The number of nitrogens with zero attached hydrogens (tertiary/aromatic N) is 2. The number of benzene rings is 1. The number of rotatable bonds is 5. The first-order valence-corrected chi connectivity index (χ1v) is 11.7. The van der Waals surface area contributed by atoms with E-state index in [-0.39, 0.29) is 27.7 Å². The first-order valence-electron chi connectivity index (χ1n) is 9.36. The molecule has 0 saturated carbocycles. The minimum atomic E-state index is -4.09.